The average Bonchev–Trinajstić information content (AvgIpc) is 3.23. The number of fused-ring (bicyclic) bond motifs is 1. The fourth-order valence-electron chi connectivity index (χ4n) is 3.34. The first kappa shape index (κ1) is 15.9. The summed E-state index contributed by atoms with van der Waals surface area (Å²) >= 11 is 6.17. The lowest BCUT2D eigenvalue weighted by molar-refractivity contribution is -0.114. The molecule has 1 atom stereocenters. The van der Waals surface area contributed by atoms with Crippen LogP contribution in [0.2, 0.25) is 5.02 Å². The molecule has 1 fully saturated rings. The minimum atomic E-state index is -0.113. The Morgan fingerprint density at radius 1 is 1.32 bits per heavy atom. The number of nitrogens with zero attached hydrogens (tertiary/aromatic N) is 4. The van der Waals surface area contributed by atoms with Gasteiger partial charge in [-0.3, -0.25) is 14.5 Å². The number of anilines is 2. The number of aromatic nitrogens is 3. The van der Waals surface area contributed by atoms with Gasteiger partial charge in [0.25, 0.3) is 0 Å². The molecule has 0 bridgehead atoms. The van der Waals surface area contributed by atoms with Crippen LogP contribution in [0.25, 0.3) is 10.9 Å². The standard InChI is InChI=1S/C18H18ClN5O/c1-12(25)21-18-6-9-24(22-18)14-5-8-23(11-14)17-4-7-20-16-3-2-13(19)10-15(16)17/h2-4,6-7,9-10,14H,5,8,11H2,1H3,(H,21,22,25). The average molecular weight is 356 g/mol. The molecule has 0 saturated carbocycles. The van der Waals surface area contributed by atoms with Crippen LogP contribution in [0.15, 0.2) is 42.7 Å². The summed E-state index contributed by atoms with van der Waals surface area (Å²) in [6, 6.07) is 9.90. The van der Waals surface area contributed by atoms with Crippen molar-refractivity contribution in [2.75, 3.05) is 23.3 Å². The molecule has 25 heavy (non-hydrogen) atoms. The van der Waals surface area contributed by atoms with Crippen LogP contribution in [0.5, 0.6) is 0 Å². The second kappa shape index (κ2) is 6.37. The van der Waals surface area contributed by atoms with Gasteiger partial charge >= 0.3 is 0 Å². The first-order valence-electron chi connectivity index (χ1n) is 8.22. The molecular formula is C18H18ClN5O. The van der Waals surface area contributed by atoms with Crippen molar-refractivity contribution in [2.45, 2.75) is 19.4 Å². The van der Waals surface area contributed by atoms with E-state index in [-0.39, 0.29) is 11.9 Å². The molecule has 3 aromatic rings. The molecule has 7 heteroatoms. The highest BCUT2D eigenvalue weighted by atomic mass is 35.5. The summed E-state index contributed by atoms with van der Waals surface area (Å²) in [5.74, 6) is 0.477. The Balaban J connectivity index is 1.57. The number of rotatable bonds is 3. The van der Waals surface area contributed by atoms with E-state index in [1.807, 2.05) is 47.4 Å². The van der Waals surface area contributed by atoms with Crippen LogP contribution in [0.4, 0.5) is 11.5 Å². The molecule has 1 amide bonds. The number of benzene rings is 1. The first-order valence-corrected chi connectivity index (χ1v) is 8.60. The van der Waals surface area contributed by atoms with Crippen molar-refractivity contribution in [3.8, 4) is 0 Å². The van der Waals surface area contributed by atoms with Crippen molar-refractivity contribution >= 4 is 39.9 Å². The molecule has 0 radical (unpaired) electrons. The zero-order valence-electron chi connectivity index (χ0n) is 13.8. The number of halogens is 1. The molecule has 3 heterocycles. The molecule has 4 rings (SSSR count). The largest absolute Gasteiger partial charge is 0.369 e. The van der Waals surface area contributed by atoms with Gasteiger partial charge in [0, 0.05) is 54.6 Å². The van der Waals surface area contributed by atoms with Crippen LogP contribution in [-0.4, -0.2) is 33.8 Å². The fraction of sp³-hybridized carbons (Fsp3) is 0.278. The van der Waals surface area contributed by atoms with Gasteiger partial charge < -0.3 is 10.2 Å². The Hall–Kier alpha value is -2.60. The zero-order chi connectivity index (χ0) is 17.4. The van der Waals surface area contributed by atoms with E-state index >= 15 is 0 Å². The third-order valence-corrected chi connectivity index (χ3v) is 4.71. The van der Waals surface area contributed by atoms with E-state index in [0.717, 1.165) is 36.1 Å². The zero-order valence-corrected chi connectivity index (χ0v) is 14.6. The highest BCUT2D eigenvalue weighted by Gasteiger charge is 2.26. The number of carbonyl (C=O) groups excluding carboxylic acids is 1. The lowest BCUT2D eigenvalue weighted by atomic mass is 10.2. The van der Waals surface area contributed by atoms with E-state index in [0.29, 0.717) is 10.8 Å². The van der Waals surface area contributed by atoms with Gasteiger partial charge in [0.15, 0.2) is 5.82 Å². The van der Waals surface area contributed by atoms with Crippen molar-refractivity contribution in [2.24, 2.45) is 0 Å². The lowest BCUT2D eigenvalue weighted by Gasteiger charge is -2.20. The Morgan fingerprint density at radius 2 is 2.20 bits per heavy atom. The highest BCUT2D eigenvalue weighted by molar-refractivity contribution is 6.31. The Morgan fingerprint density at radius 3 is 3.04 bits per heavy atom. The predicted octanol–water partition coefficient (Wildman–Crippen LogP) is 3.49. The molecule has 128 valence electrons. The maximum atomic E-state index is 11.1. The molecule has 0 spiro atoms. The number of nitrogens with one attached hydrogen (secondary N) is 1. The van der Waals surface area contributed by atoms with Crippen LogP contribution < -0.4 is 10.2 Å². The quantitative estimate of drug-likeness (QED) is 0.781. The fourth-order valence-corrected chi connectivity index (χ4v) is 3.52. The molecule has 1 aliphatic rings. The summed E-state index contributed by atoms with van der Waals surface area (Å²) in [5.41, 5.74) is 2.08. The number of amides is 1. The second-order valence-corrected chi connectivity index (χ2v) is 6.68. The van der Waals surface area contributed by atoms with Crippen LogP contribution in [0.1, 0.15) is 19.4 Å². The van der Waals surface area contributed by atoms with Gasteiger partial charge in [0.05, 0.1) is 11.6 Å². The summed E-state index contributed by atoms with van der Waals surface area (Å²) in [5, 5.41) is 8.95. The lowest BCUT2D eigenvalue weighted by Crippen LogP contribution is -2.21. The topological polar surface area (TPSA) is 63.1 Å². The van der Waals surface area contributed by atoms with Gasteiger partial charge in [-0.05, 0) is 30.7 Å². The smallest absolute Gasteiger partial charge is 0.222 e. The summed E-state index contributed by atoms with van der Waals surface area (Å²) < 4.78 is 1.93. The molecule has 1 unspecified atom stereocenters. The number of pyridine rings is 1. The van der Waals surface area contributed by atoms with Gasteiger partial charge in [-0.2, -0.15) is 5.10 Å². The van der Waals surface area contributed by atoms with Crippen molar-refractivity contribution in [1.82, 2.24) is 14.8 Å². The van der Waals surface area contributed by atoms with Crippen molar-refractivity contribution in [1.29, 1.82) is 0 Å². The minimum Gasteiger partial charge on any atom is -0.369 e. The molecule has 1 aromatic carbocycles. The molecule has 1 aliphatic heterocycles. The molecule has 6 nitrogen and oxygen atoms in total. The molecule has 2 aromatic heterocycles. The Kier molecular flexibility index (Phi) is 4.05. The van der Waals surface area contributed by atoms with Gasteiger partial charge in [-0.1, -0.05) is 11.6 Å². The third-order valence-electron chi connectivity index (χ3n) is 4.47. The monoisotopic (exact) mass is 355 g/mol. The minimum absolute atomic E-state index is 0.113. The number of hydrogen-bond acceptors (Lipinski definition) is 4. The molecule has 1 N–H and O–H groups in total. The van der Waals surface area contributed by atoms with E-state index in [4.69, 9.17) is 11.6 Å². The van der Waals surface area contributed by atoms with Crippen molar-refractivity contribution in [3.63, 3.8) is 0 Å². The van der Waals surface area contributed by atoms with E-state index in [1.54, 1.807) is 0 Å². The Labute approximate surface area is 150 Å². The van der Waals surface area contributed by atoms with E-state index < -0.39 is 0 Å². The normalized spacial score (nSPS) is 17.2. The van der Waals surface area contributed by atoms with Crippen LogP contribution in [-0.2, 0) is 4.79 Å². The molecule has 1 saturated heterocycles. The van der Waals surface area contributed by atoms with Gasteiger partial charge in [-0.15, -0.1) is 0 Å². The van der Waals surface area contributed by atoms with Crippen LogP contribution in [0, 0.1) is 0 Å². The summed E-state index contributed by atoms with van der Waals surface area (Å²) in [7, 11) is 0. The summed E-state index contributed by atoms with van der Waals surface area (Å²) in [6.45, 7) is 3.27. The SMILES string of the molecule is CC(=O)Nc1ccn(C2CCN(c3ccnc4ccc(Cl)cc34)C2)n1. The maximum absolute atomic E-state index is 11.1. The van der Waals surface area contributed by atoms with Crippen LogP contribution >= 0.6 is 11.6 Å². The van der Waals surface area contributed by atoms with E-state index in [9.17, 15) is 4.79 Å². The summed E-state index contributed by atoms with van der Waals surface area (Å²) in [6.07, 6.45) is 4.74. The molecular weight excluding hydrogens is 338 g/mol. The third kappa shape index (κ3) is 3.17. The maximum Gasteiger partial charge on any atom is 0.222 e. The predicted molar refractivity (Wildman–Crippen MR) is 99.2 cm³/mol. The van der Waals surface area contributed by atoms with E-state index in [1.165, 1.54) is 6.92 Å². The van der Waals surface area contributed by atoms with Crippen LogP contribution in [0.3, 0.4) is 0 Å². The van der Waals surface area contributed by atoms with Crippen molar-refractivity contribution < 1.29 is 4.79 Å². The van der Waals surface area contributed by atoms with Gasteiger partial charge in [-0.25, -0.2) is 0 Å². The second-order valence-electron chi connectivity index (χ2n) is 6.24. The van der Waals surface area contributed by atoms with Gasteiger partial charge in [0.1, 0.15) is 0 Å². The highest BCUT2D eigenvalue weighted by Crippen LogP contribution is 2.32. The summed E-state index contributed by atoms with van der Waals surface area (Å²) in [4.78, 5) is 17.9. The molecule has 0 aliphatic carbocycles. The number of hydrogen-bond donors (Lipinski definition) is 1. The Bertz CT molecular complexity index is 938. The van der Waals surface area contributed by atoms with E-state index in [2.05, 4.69) is 20.3 Å². The van der Waals surface area contributed by atoms with Gasteiger partial charge in [0.2, 0.25) is 5.91 Å². The van der Waals surface area contributed by atoms with Crippen molar-refractivity contribution in [3.05, 3.63) is 47.7 Å². The first-order chi connectivity index (χ1) is 12.1. The number of carbonyl (C=O) groups is 1.